The number of aromatic nitrogens is 2. The minimum atomic E-state index is -0.697. The molecule has 9 nitrogen and oxygen atoms in total. The summed E-state index contributed by atoms with van der Waals surface area (Å²) in [5.41, 5.74) is 1.67. The van der Waals surface area contributed by atoms with Gasteiger partial charge in [-0.2, -0.15) is 4.68 Å². The molecule has 0 radical (unpaired) electrons. The lowest BCUT2D eigenvalue weighted by Gasteiger charge is -2.18. The molecule has 0 bridgehead atoms. The number of carbonyl (C=O) groups is 2. The van der Waals surface area contributed by atoms with Gasteiger partial charge in [0, 0.05) is 4.88 Å². The van der Waals surface area contributed by atoms with Gasteiger partial charge < -0.3 is 20.2 Å². The molecular weight excluding hydrogens is 420 g/mol. The zero-order chi connectivity index (χ0) is 21.3. The number of fused-ring (bicyclic) bond motifs is 1. The molecule has 2 aromatic heterocycles. The van der Waals surface area contributed by atoms with Crippen molar-refractivity contribution < 1.29 is 19.2 Å². The number of esters is 1. The smallest absolute Gasteiger partial charge is 0.408 e. The molecule has 156 valence electrons. The fourth-order valence-electron chi connectivity index (χ4n) is 3.34. The van der Waals surface area contributed by atoms with E-state index in [4.69, 9.17) is 16.3 Å². The third-order valence-electron chi connectivity index (χ3n) is 4.83. The molecule has 1 N–H and O–H groups in total. The van der Waals surface area contributed by atoms with Crippen molar-refractivity contribution >= 4 is 45.6 Å². The fraction of sp³-hybridized carbons (Fsp3) is 0.500. The number of hydrogen-bond acceptors (Lipinski definition) is 7. The molecule has 0 saturated carbocycles. The summed E-state index contributed by atoms with van der Waals surface area (Å²) in [6.45, 7) is 5.41. The summed E-state index contributed by atoms with van der Waals surface area (Å²) in [5, 5.41) is 17.9. The second kappa shape index (κ2) is 8.50. The standard InChI is InChI=1S/C18H21ClN4O5S/c1-4-28-18(25)14-11-6-5-9(2)7-12(11)29-17(14)20-13(24)8-22-10(3)15(19)16(21-22)23(26)27/h9H,4-8H2,1-3H3,(H,20,24)/t9-/m1/s1. The minimum absolute atomic E-state index is 0.101. The number of thiophene rings is 1. The number of ether oxygens (including phenoxy) is 1. The summed E-state index contributed by atoms with van der Waals surface area (Å²) in [6, 6.07) is 0. The third-order valence-corrected chi connectivity index (χ3v) is 6.44. The Hall–Kier alpha value is -2.46. The molecule has 29 heavy (non-hydrogen) atoms. The molecule has 0 fully saturated rings. The quantitative estimate of drug-likeness (QED) is 0.415. The van der Waals surface area contributed by atoms with E-state index < -0.39 is 22.6 Å². The Labute approximate surface area is 176 Å². The fourth-order valence-corrected chi connectivity index (χ4v) is 4.96. The van der Waals surface area contributed by atoms with Crippen LogP contribution in [0.15, 0.2) is 0 Å². The van der Waals surface area contributed by atoms with Crippen LogP contribution in [-0.2, 0) is 28.9 Å². The van der Waals surface area contributed by atoms with Gasteiger partial charge in [0.05, 0.1) is 23.0 Å². The van der Waals surface area contributed by atoms with Gasteiger partial charge >= 0.3 is 11.8 Å². The van der Waals surface area contributed by atoms with Gasteiger partial charge in [-0.15, -0.1) is 11.3 Å². The average molecular weight is 441 g/mol. The molecule has 2 heterocycles. The van der Waals surface area contributed by atoms with E-state index in [0.717, 1.165) is 29.7 Å². The van der Waals surface area contributed by atoms with Crippen LogP contribution in [0.2, 0.25) is 5.02 Å². The van der Waals surface area contributed by atoms with Crippen LogP contribution < -0.4 is 5.32 Å². The van der Waals surface area contributed by atoms with Gasteiger partial charge in [0.25, 0.3) is 0 Å². The first-order chi connectivity index (χ1) is 13.7. The molecule has 2 aromatic rings. The van der Waals surface area contributed by atoms with E-state index >= 15 is 0 Å². The van der Waals surface area contributed by atoms with E-state index in [1.54, 1.807) is 13.8 Å². The number of rotatable bonds is 6. The lowest BCUT2D eigenvalue weighted by atomic mass is 9.88. The van der Waals surface area contributed by atoms with Gasteiger partial charge in [-0.05, 0) is 49.5 Å². The maximum absolute atomic E-state index is 12.6. The van der Waals surface area contributed by atoms with E-state index in [-0.39, 0.29) is 18.2 Å². The number of anilines is 1. The lowest BCUT2D eigenvalue weighted by molar-refractivity contribution is -0.389. The molecule has 0 unspecified atom stereocenters. The molecule has 0 spiro atoms. The average Bonchev–Trinajstić information content (AvgIpc) is 3.13. The Morgan fingerprint density at radius 3 is 2.83 bits per heavy atom. The van der Waals surface area contributed by atoms with E-state index in [1.165, 1.54) is 16.0 Å². The third kappa shape index (κ3) is 4.27. The van der Waals surface area contributed by atoms with Crippen molar-refractivity contribution in [2.45, 2.75) is 46.6 Å². The summed E-state index contributed by atoms with van der Waals surface area (Å²) < 4.78 is 6.37. The highest BCUT2D eigenvalue weighted by atomic mass is 35.5. The van der Waals surface area contributed by atoms with Gasteiger partial charge in [-0.3, -0.25) is 4.79 Å². The predicted molar refractivity (Wildman–Crippen MR) is 109 cm³/mol. The van der Waals surface area contributed by atoms with Crippen LogP contribution in [0.5, 0.6) is 0 Å². The van der Waals surface area contributed by atoms with Crippen LogP contribution in [0.25, 0.3) is 0 Å². The van der Waals surface area contributed by atoms with Gasteiger partial charge in [-0.25, -0.2) is 4.79 Å². The maximum atomic E-state index is 12.6. The summed E-state index contributed by atoms with van der Waals surface area (Å²) in [7, 11) is 0. The van der Waals surface area contributed by atoms with Crippen molar-refractivity contribution in [1.82, 2.24) is 9.78 Å². The molecule has 0 aliphatic heterocycles. The Morgan fingerprint density at radius 1 is 1.48 bits per heavy atom. The minimum Gasteiger partial charge on any atom is -0.462 e. The Kier molecular flexibility index (Phi) is 6.23. The highest BCUT2D eigenvalue weighted by Gasteiger charge is 2.30. The van der Waals surface area contributed by atoms with Gasteiger partial charge in [-0.1, -0.05) is 18.5 Å². The highest BCUT2D eigenvalue weighted by molar-refractivity contribution is 7.17. The lowest BCUT2D eigenvalue weighted by Crippen LogP contribution is -2.21. The van der Waals surface area contributed by atoms with Gasteiger partial charge in [0.1, 0.15) is 11.5 Å². The zero-order valence-electron chi connectivity index (χ0n) is 16.3. The van der Waals surface area contributed by atoms with E-state index in [9.17, 15) is 19.7 Å². The number of hydrogen-bond donors (Lipinski definition) is 1. The number of amides is 1. The van der Waals surface area contributed by atoms with Crippen LogP contribution >= 0.6 is 22.9 Å². The van der Waals surface area contributed by atoms with Crippen LogP contribution in [-0.4, -0.2) is 33.2 Å². The van der Waals surface area contributed by atoms with E-state index in [0.29, 0.717) is 22.2 Å². The predicted octanol–water partition coefficient (Wildman–Crippen LogP) is 3.75. The van der Waals surface area contributed by atoms with Crippen LogP contribution in [0.3, 0.4) is 0 Å². The first-order valence-electron chi connectivity index (χ1n) is 9.21. The second-order valence-electron chi connectivity index (χ2n) is 6.96. The van der Waals surface area contributed by atoms with Gasteiger partial charge in [0.2, 0.25) is 5.91 Å². The maximum Gasteiger partial charge on any atom is 0.408 e. The summed E-state index contributed by atoms with van der Waals surface area (Å²) >= 11 is 7.30. The Balaban J connectivity index is 1.86. The number of nitrogens with zero attached hydrogens (tertiary/aromatic N) is 3. The summed E-state index contributed by atoms with van der Waals surface area (Å²) in [6.07, 6.45) is 2.58. The van der Waals surface area contributed by atoms with E-state index in [2.05, 4.69) is 17.3 Å². The van der Waals surface area contributed by atoms with Crippen LogP contribution in [0.4, 0.5) is 10.8 Å². The highest BCUT2D eigenvalue weighted by Crippen LogP contribution is 2.40. The molecule has 1 atom stereocenters. The van der Waals surface area contributed by atoms with Crippen molar-refractivity contribution in [2.75, 3.05) is 11.9 Å². The molecule has 3 rings (SSSR count). The van der Waals surface area contributed by atoms with Crippen molar-refractivity contribution in [3.05, 3.63) is 36.8 Å². The first-order valence-corrected chi connectivity index (χ1v) is 10.4. The molecule has 1 amide bonds. The van der Waals surface area contributed by atoms with Crippen molar-refractivity contribution in [3.8, 4) is 0 Å². The van der Waals surface area contributed by atoms with Crippen molar-refractivity contribution in [3.63, 3.8) is 0 Å². The zero-order valence-corrected chi connectivity index (χ0v) is 17.9. The molecular formula is C18H21ClN4O5S. The first kappa shape index (κ1) is 21.3. The normalized spacial score (nSPS) is 15.7. The van der Waals surface area contributed by atoms with Crippen LogP contribution in [0, 0.1) is 23.0 Å². The molecule has 1 aliphatic carbocycles. The van der Waals surface area contributed by atoms with E-state index in [1.807, 2.05) is 0 Å². The topological polar surface area (TPSA) is 116 Å². The molecule has 0 saturated heterocycles. The second-order valence-corrected chi connectivity index (χ2v) is 8.45. The number of halogens is 1. The Morgan fingerprint density at radius 2 is 2.21 bits per heavy atom. The molecule has 0 aromatic carbocycles. The largest absolute Gasteiger partial charge is 0.462 e. The summed E-state index contributed by atoms with van der Waals surface area (Å²) in [4.78, 5) is 36.5. The van der Waals surface area contributed by atoms with Gasteiger partial charge in [0.15, 0.2) is 5.02 Å². The SMILES string of the molecule is CCOC(=O)c1c(NC(=O)Cn2nc([N+](=O)[O-])c(Cl)c2C)sc2c1CC[C@@H](C)C2. The monoisotopic (exact) mass is 440 g/mol. The summed E-state index contributed by atoms with van der Waals surface area (Å²) in [5.74, 6) is -0.901. The number of nitrogens with one attached hydrogen (secondary N) is 1. The number of nitro groups is 1. The van der Waals surface area contributed by atoms with Crippen molar-refractivity contribution in [1.29, 1.82) is 0 Å². The molecule has 11 heteroatoms. The van der Waals surface area contributed by atoms with Crippen LogP contribution in [0.1, 0.15) is 46.8 Å². The van der Waals surface area contributed by atoms with Crippen molar-refractivity contribution in [2.24, 2.45) is 5.92 Å². The Bertz CT molecular complexity index is 984. The molecule has 1 aliphatic rings. The number of carbonyl (C=O) groups excluding carboxylic acids is 2.